The van der Waals surface area contributed by atoms with Gasteiger partial charge in [0.1, 0.15) is 0 Å². The average molecular weight is 360 g/mol. The zero-order chi connectivity index (χ0) is 19.0. The molecular formula is C22H20N2O3. The summed E-state index contributed by atoms with van der Waals surface area (Å²) in [5.41, 5.74) is 4.59. The highest BCUT2D eigenvalue weighted by atomic mass is 16.6. The van der Waals surface area contributed by atoms with Crippen LogP contribution in [0.2, 0.25) is 0 Å². The molecule has 3 aromatic rings. The molecule has 1 aromatic heterocycles. The number of carbonyl (C=O) groups is 1. The average Bonchev–Trinajstić information content (AvgIpc) is 3.05. The van der Waals surface area contributed by atoms with Crippen LogP contribution in [-0.2, 0) is 12.8 Å². The number of rotatable bonds is 3. The summed E-state index contributed by atoms with van der Waals surface area (Å²) in [5.74, 6) is 0.858. The normalized spacial score (nSPS) is 15.8. The second-order valence-electron chi connectivity index (χ2n) is 7.06. The van der Waals surface area contributed by atoms with Gasteiger partial charge in [0.05, 0.1) is 24.3 Å². The van der Waals surface area contributed by atoms with Gasteiger partial charge in [-0.3, -0.25) is 0 Å². The number of methoxy groups -OCH3 is 1. The van der Waals surface area contributed by atoms with Gasteiger partial charge in [0, 0.05) is 22.7 Å². The summed E-state index contributed by atoms with van der Waals surface area (Å²) in [6.45, 7) is 2.26. The fourth-order valence-electron chi connectivity index (χ4n) is 3.70. The largest absolute Gasteiger partial charge is 0.493 e. The van der Waals surface area contributed by atoms with E-state index in [1.54, 1.807) is 24.3 Å². The maximum absolute atomic E-state index is 12.7. The van der Waals surface area contributed by atoms with Crippen LogP contribution in [0.4, 0.5) is 0 Å². The number of esters is 1. The van der Waals surface area contributed by atoms with Crippen LogP contribution in [0.25, 0.3) is 10.9 Å². The summed E-state index contributed by atoms with van der Waals surface area (Å²) in [6, 6.07) is 12.4. The first-order chi connectivity index (χ1) is 13.1. The maximum Gasteiger partial charge on any atom is 0.343 e. The molecule has 0 bridgehead atoms. The highest BCUT2D eigenvalue weighted by Gasteiger charge is 2.21. The van der Waals surface area contributed by atoms with Gasteiger partial charge >= 0.3 is 5.97 Å². The number of nitrogens with zero attached hydrogens (tertiary/aromatic N) is 1. The maximum atomic E-state index is 12.7. The highest BCUT2D eigenvalue weighted by molar-refractivity contribution is 5.97. The quantitative estimate of drug-likeness (QED) is 0.555. The van der Waals surface area contributed by atoms with Gasteiger partial charge in [0.15, 0.2) is 11.5 Å². The molecule has 0 saturated carbocycles. The number of fused-ring (bicyclic) bond motifs is 3. The Labute approximate surface area is 157 Å². The molecule has 2 aromatic carbocycles. The number of hydrogen-bond donors (Lipinski definition) is 1. The van der Waals surface area contributed by atoms with E-state index in [0.29, 0.717) is 28.5 Å². The van der Waals surface area contributed by atoms with Gasteiger partial charge < -0.3 is 14.5 Å². The van der Waals surface area contributed by atoms with Gasteiger partial charge in [-0.1, -0.05) is 6.92 Å². The Morgan fingerprint density at radius 3 is 2.85 bits per heavy atom. The summed E-state index contributed by atoms with van der Waals surface area (Å²) in [5, 5.41) is 10.1. The molecule has 27 heavy (non-hydrogen) atoms. The Kier molecular flexibility index (Phi) is 4.33. The van der Waals surface area contributed by atoms with Crippen molar-refractivity contribution in [2.45, 2.75) is 26.2 Å². The third-order valence-corrected chi connectivity index (χ3v) is 5.17. The molecule has 4 rings (SSSR count). The fraction of sp³-hybridized carbons (Fsp3) is 0.273. The molecule has 5 heteroatoms. The standard InChI is InChI=1S/C22H20N2O3/c1-13-3-6-18-16(9-13)17-11-15(5-7-19(17)24-18)22(25)27-20-8-4-14(12-23)10-21(20)26-2/h4-5,7-8,10-11,13,24H,3,6,9H2,1-2H3/t13-/m0/s1. The Morgan fingerprint density at radius 2 is 2.07 bits per heavy atom. The Hall–Kier alpha value is -3.26. The minimum absolute atomic E-state index is 0.298. The van der Waals surface area contributed by atoms with E-state index < -0.39 is 5.97 Å². The van der Waals surface area contributed by atoms with Gasteiger partial charge in [0.2, 0.25) is 0 Å². The Bertz CT molecular complexity index is 1080. The molecule has 1 atom stereocenters. The van der Waals surface area contributed by atoms with Gasteiger partial charge in [-0.05, 0) is 61.1 Å². The molecule has 0 unspecified atom stereocenters. The van der Waals surface area contributed by atoms with E-state index in [1.165, 1.54) is 24.8 Å². The lowest BCUT2D eigenvalue weighted by molar-refractivity contribution is 0.0730. The van der Waals surface area contributed by atoms with Crippen molar-refractivity contribution in [1.29, 1.82) is 5.26 Å². The summed E-state index contributed by atoms with van der Waals surface area (Å²) < 4.78 is 10.8. The lowest BCUT2D eigenvalue weighted by atomic mass is 9.87. The highest BCUT2D eigenvalue weighted by Crippen LogP contribution is 2.33. The number of carbonyl (C=O) groups excluding carboxylic acids is 1. The molecule has 0 spiro atoms. The molecule has 5 nitrogen and oxygen atoms in total. The lowest BCUT2D eigenvalue weighted by Crippen LogP contribution is -2.11. The van der Waals surface area contributed by atoms with Crippen LogP contribution in [0.15, 0.2) is 36.4 Å². The van der Waals surface area contributed by atoms with E-state index >= 15 is 0 Å². The molecular weight excluding hydrogens is 340 g/mol. The summed E-state index contributed by atoms with van der Waals surface area (Å²) in [6.07, 6.45) is 3.26. The van der Waals surface area contributed by atoms with Gasteiger partial charge in [-0.25, -0.2) is 4.79 Å². The van der Waals surface area contributed by atoms with Gasteiger partial charge in [-0.15, -0.1) is 0 Å². The summed E-state index contributed by atoms with van der Waals surface area (Å²) in [4.78, 5) is 16.2. The number of nitrogens with one attached hydrogen (secondary N) is 1. The number of ether oxygens (including phenoxy) is 2. The first kappa shape index (κ1) is 17.2. The number of nitriles is 1. The summed E-state index contributed by atoms with van der Waals surface area (Å²) in [7, 11) is 1.48. The Morgan fingerprint density at radius 1 is 1.22 bits per heavy atom. The van der Waals surface area contributed by atoms with Gasteiger partial charge in [0.25, 0.3) is 0 Å². The topological polar surface area (TPSA) is 75.1 Å². The zero-order valence-corrected chi connectivity index (χ0v) is 15.3. The van der Waals surface area contributed by atoms with Crippen molar-refractivity contribution < 1.29 is 14.3 Å². The van der Waals surface area contributed by atoms with Crippen LogP contribution in [0, 0.1) is 17.2 Å². The number of benzene rings is 2. The molecule has 1 aliphatic carbocycles. The van der Waals surface area contributed by atoms with Crippen molar-refractivity contribution >= 4 is 16.9 Å². The summed E-state index contributed by atoms with van der Waals surface area (Å²) >= 11 is 0. The second-order valence-corrected chi connectivity index (χ2v) is 7.06. The Balaban J connectivity index is 1.65. The van der Waals surface area contributed by atoms with E-state index in [4.69, 9.17) is 14.7 Å². The lowest BCUT2D eigenvalue weighted by Gasteiger charge is -2.18. The van der Waals surface area contributed by atoms with Gasteiger partial charge in [-0.2, -0.15) is 5.26 Å². The van der Waals surface area contributed by atoms with E-state index in [-0.39, 0.29) is 0 Å². The molecule has 1 aliphatic rings. The predicted molar refractivity (Wildman–Crippen MR) is 102 cm³/mol. The number of aromatic nitrogens is 1. The molecule has 0 amide bonds. The number of aryl methyl sites for hydroxylation is 1. The van der Waals surface area contributed by atoms with E-state index in [9.17, 15) is 4.79 Å². The third kappa shape index (κ3) is 3.15. The molecule has 0 radical (unpaired) electrons. The van der Waals surface area contributed by atoms with Crippen LogP contribution in [-0.4, -0.2) is 18.1 Å². The van der Waals surface area contributed by atoms with Crippen molar-refractivity contribution in [3.05, 3.63) is 58.8 Å². The third-order valence-electron chi connectivity index (χ3n) is 5.17. The first-order valence-electron chi connectivity index (χ1n) is 9.03. The van der Waals surface area contributed by atoms with Crippen LogP contribution in [0.1, 0.15) is 40.5 Å². The minimum atomic E-state index is -0.446. The molecule has 0 saturated heterocycles. The predicted octanol–water partition coefficient (Wildman–Crippen LogP) is 4.39. The minimum Gasteiger partial charge on any atom is -0.493 e. The molecule has 1 N–H and O–H groups in total. The SMILES string of the molecule is COc1cc(C#N)ccc1OC(=O)c1ccc2[nH]c3c(c2c1)C[C@@H](C)CC3. The number of H-pyrrole nitrogens is 1. The monoisotopic (exact) mass is 360 g/mol. The first-order valence-corrected chi connectivity index (χ1v) is 9.03. The molecule has 0 fully saturated rings. The van der Waals surface area contributed by atoms with E-state index in [1.807, 2.05) is 18.2 Å². The van der Waals surface area contributed by atoms with Crippen molar-refractivity contribution in [3.63, 3.8) is 0 Å². The van der Waals surface area contributed by atoms with Crippen LogP contribution in [0.3, 0.4) is 0 Å². The van der Waals surface area contributed by atoms with Crippen molar-refractivity contribution in [2.75, 3.05) is 7.11 Å². The molecule has 1 heterocycles. The smallest absolute Gasteiger partial charge is 0.343 e. The van der Waals surface area contributed by atoms with Crippen LogP contribution in [0.5, 0.6) is 11.5 Å². The zero-order valence-electron chi connectivity index (χ0n) is 15.3. The number of aromatic amines is 1. The van der Waals surface area contributed by atoms with Crippen molar-refractivity contribution in [2.24, 2.45) is 5.92 Å². The van der Waals surface area contributed by atoms with Crippen molar-refractivity contribution in [1.82, 2.24) is 4.98 Å². The van der Waals surface area contributed by atoms with Crippen LogP contribution >= 0.6 is 0 Å². The van der Waals surface area contributed by atoms with E-state index in [0.717, 1.165) is 23.7 Å². The van der Waals surface area contributed by atoms with Crippen molar-refractivity contribution in [3.8, 4) is 17.6 Å². The van der Waals surface area contributed by atoms with E-state index in [2.05, 4.69) is 11.9 Å². The fourth-order valence-corrected chi connectivity index (χ4v) is 3.70. The molecule has 0 aliphatic heterocycles. The van der Waals surface area contributed by atoms with Crippen LogP contribution < -0.4 is 9.47 Å². The number of hydrogen-bond acceptors (Lipinski definition) is 4. The molecule has 136 valence electrons. The second kappa shape index (κ2) is 6.81.